The van der Waals surface area contributed by atoms with Crippen LogP contribution in [0.2, 0.25) is 0 Å². The van der Waals surface area contributed by atoms with Gasteiger partial charge >= 0.3 is 0 Å². The van der Waals surface area contributed by atoms with E-state index in [9.17, 15) is 0 Å². The lowest BCUT2D eigenvalue weighted by Crippen LogP contribution is -2.26. The lowest BCUT2D eigenvalue weighted by atomic mass is 10.3. The van der Waals surface area contributed by atoms with Gasteiger partial charge in [0.2, 0.25) is 0 Å². The zero-order valence-electron chi connectivity index (χ0n) is 9.04. The van der Waals surface area contributed by atoms with E-state index < -0.39 is 0 Å². The summed E-state index contributed by atoms with van der Waals surface area (Å²) in [7, 11) is 1.67. The van der Waals surface area contributed by atoms with Gasteiger partial charge in [-0.15, -0.1) is 0 Å². The number of anilines is 1. The van der Waals surface area contributed by atoms with Gasteiger partial charge in [-0.25, -0.2) is 0 Å². The van der Waals surface area contributed by atoms with Gasteiger partial charge in [0.25, 0.3) is 0 Å². The number of halogens is 2. The largest absolute Gasteiger partial charge is 0.495 e. The maximum Gasteiger partial charge on any atom is 0.135 e. The third-order valence-corrected chi connectivity index (χ3v) is 4.04. The van der Waals surface area contributed by atoms with Gasteiger partial charge in [0, 0.05) is 29.7 Å². The predicted octanol–water partition coefficient (Wildman–Crippen LogP) is 2.76. The highest BCUT2D eigenvalue weighted by Crippen LogP contribution is 2.37. The van der Waals surface area contributed by atoms with Crippen molar-refractivity contribution >= 4 is 37.5 Å². The predicted molar refractivity (Wildman–Crippen MR) is 73.2 cm³/mol. The number of hydrogen-bond acceptors (Lipinski definition) is 3. The molecule has 2 rings (SSSR count). The van der Waals surface area contributed by atoms with Crippen LogP contribution in [0.25, 0.3) is 0 Å². The van der Waals surface area contributed by atoms with Crippen molar-refractivity contribution < 1.29 is 4.74 Å². The van der Waals surface area contributed by atoms with Gasteiger partial charge in [0.05, 0.1) is 17.3 Å². The van der Waals surface area contributed by atoms with Crippen LogP contribution in [0.4, 0.5) is 5.69 Å². The summed E-state index contributed by atoms with van der Waals surface area (Å²) in [6.07, 6.45) is 1.05. The molecule has 2 N–H and O–H groups in total. The number of nitrogens with two attached hydrogens (primary N) is 1. The summed E-state index contributed by atoms with van der Waals surface area (Å²) >= 11 is 7.04. The molecular weight excluding hydrogens is 336 g/mol. The first kappa shape index (κ1) is 12.2. The van der Waals surface area contributed by atoms with Gasteiger partial charge in [-0.2, -0.15) is 0 Å². The van der Waals surface area contributed by atoms with Crippen LogP contribution in [0, 0.1) is 0 Å². The first-order valence-corrected chi connectivity index (χ1v) is 6.74. The van der Waals surface area contributed by atoms with Gasteiger partial charge < -0.3 is 15.4 Å². The van der Waals surface area contributed by atoms with Crippen molar-refractivity contribution in [3.63, 3.8) is 0 Å². The van der Waals surface area contributed by atoms with Crippen molar-refractivity contribution in [1.29, 1.82) is 0 Å². The molecular formula is C11H14Br2N2O. The van der Waals surface area contributed by atoms with Crippen molar-refractivity contribution in [1.82, 2.24) is 0 Å². The molecule has 1 aliphatic heterocycles. The molecule has 1 heterocycles. The minimum Gasteiger partial charge on any atom is -0.495 e. The normalized spacial score (nSPS) is 20.2. The van der Waals surface area contributed by atoms with E-state index in [0.29, 0.717) is 0 Å². The Kier molecular flexibility index (Phi) is 3.77. The summed E-state index contributed by atoms with van der Waals surface area (Å²) in [5, 5.41) is 0. The molecule has 1 aromatic rings. The molecule has 1 fully saturated rings. The lowest BCUT2D eigenvalue weighted by molar-refractivity contribution is 0.412. The molecule has 0 radical (unpaired) electrons. The second kappa shape index (κ2) is 4.94. The summed E-state index contributed by atoms with van der Waals surface area (Å²) in [5.41, 5.74) is 7.06. The average molecular weight is 350 g/mol. The Hall–Kier alpha value is -0.260. The Morgan fingerprint density at radius 3 is 2.69 bits per heavy atom. The minimum absolute atomic E-state index is 0.279. The highest BCUT2D eigenvalue weighted by atomic mass is 79.9. The molecule has 16 heavy (non-hydrogen) atoms. The zero-order valence-corrected chi connectivity index (χ0v) is 12.2. The first-order chi connectivity index (χ1) is 7.61. The fourth-order valence-corrected chi connectivity index (χ4v) is 3.33. The maximum absolute atomic E-state index is 5.92. The molecule has 3 nitrogen and oxygen atoms in total. The van der Waals surface area contributed by atoms with Gasteiger partial charge in [-0.05, 0) is 44.3 Å². The van der Waals surface area contributed by atoms with Crippen LogP contribution >= 0.6 is 31.9 Å². The van der Waals surface area contributed by atoms with Crippen molar-refractivity contribution in [2.24, 2.45) is 5.73 Å². The standard InChI is InChI=1S/C11H14Br2N2O/c1-16-11-5-10(8(12)4-9(11)13)15-3-2-7(14)6-15/h4-5,7H,2-3,6,14H2,1H3. The van der Waals surface area contributed by atoms with E-state index >= 15 is 0 Å². The molecule has 0 aliphatic carbocycles. The fraction of sp³-hybridized carbons (Fsp3) is 0.455. The topological polar surface area (TPSA) is 38.5 Å². The molecule has 1 unspecified atom stereocenters. The summed E-state index contributed by atoms with van der Waals surface area (Å²) < 4.78 is 7.32. The number of hydrogen-bond donors (Lipinski definition) is 1. The molecule has 1 aromatic carbocycles. The average Bonchev–Trinajstić information content (AvgIpc) is 2.65. The molecule has 1 atom stereocenters. The van der Waals surface area contributed by atoms with Gasteiger partial charge in [-0.3, -0.25) is 0 Å². The quantitative estimate of drug-likeness (QED) is 0.892. The van der Waals surface area contributed by atoms with E-state index in [1.54, 1.807) is 7.11 Å². The van der Waals surface area contributed by atoms with Crippen molar-refractivity contribution in [3.8, 4) is 5.75 Å². The smallest absolute Gasteiger partial charge is 0.135 e. The van der Waals surface area contributed by atoms with Crippen LogP contribution < -0.4 is 15.4 Å². The Morgan fingerprint density at radius 1 is 1.38 bits per heavy atom. The van der Waals surface area contributed by atoms with E-state index in [2.05, 4.69) is 36.8 Å². The van der Waals surface area contributed by atoms with E-state index in [0.717, 1.165) is 39.9 Å². The molecule has 1 aliphatic rings. The summed E-state index contributed by atoms with van der Waals surface area (Å²) in [6.45, 7) is 1.91. The van der Waals surface area contributed by atoms with Crippen molar-refractivity contribution in [2.45, 2.75) is 12.5 Å². The molecule has 1 saturated heterocycles. The maximum atomic E-state index is 5.92. The number of benzene rings is 1. The van der Waals surface area contributed by atoms with Crippen LogP contribution in [0.15, 0.2) is 21.1 Å². The third-order valence-electron chi connectivity index (χ3n) is 2.79. The molecule has 88 valence electrons. The van der Waals surface area contributed by atoms with Crippen molar-refractivity contribution in [3.05, 3.63) is 21.1 Å². The number of ether oxygens (including phenoxy) is 1. The first-order valence-electron chi connectivity index (χ1n) is 5.15. The van der Waals surface area contributed by atoms with E-state index in [-0.39, 0.29) is 6.04 Å². The lowest BCUT2D eigenvalue weighted by Gasteiger charge is -2.21. The van der Waals surface area contributed by atoms with Crippen molar-refractivity contribution in [2.75, 3.05) is 25.1 Å². The second-order valence-corrected chi connectivity index (χ2v) is 5.64. The van der Waals surface area contributed by atoms with Crippen LogP contribution in [-0.2, 0) is 0 Å². The van der Waals surface area contributed by atoms with Crippen LogP contribution in [0.5, 0.6) is 5.75 Å². The Balaban J connectivity index is 2.33. The Labute approximate surface area is 112 Å². The monoisotopic (exact) mass is 348 g/mol. The molecule has 5 heteroatoms. The third kappa shape index (κ3) is 2.36. The fourth-order valence-electron chi connectivity index (χ4n) is 1.92. The van der Waals surface area contributed by atoms with E-state index in [4.69, 9.17) is 10.5 Å². The number of nitrogens with zero attached hydrogens (tertiary/aromatic N) is 1. The molecule has 0 spiro atoms. The van der Waals surface area contributed by atoms with Crippen LogP contribution in [-0.4, -0.2) is 26.2 Å². The molecule has 0 saturated carbocycles. The van der Waals surface area contributed by atoms with Gasteiger partial charge in [0.1, 0.15) is 5.75 Å². The summed E-state index contributed by atoms with van der Waals surface area (Å²) in [4.78, 5) is 2.28. The SMILES string of the molecule is COc1cc(N2CCC(N)C2)c(Br)cc1Br. The number of rotatable bonds is 2. The molecule has 0 amide bonds. The van der Waals surface area contributed by atoms with Crippen LogP contribution in [0.3, 0.4) is 0 Å². The van der Waals surface area contributed by atoms with E-state index in [1.807, 2.05) is 12.1 Å². The zero-order chi connectivity index (χ0) is 11.7. The highest BCUT2D eigenvalue weighted by molar-refractivity contribution is 9.11. The number of methoxy groups -OCH3 is 1. The Bertz CT molecular complexity index is 398. The Morgan fingerprint density at radius 2 is 2.12 bits per heavy atom. The summed E-state index contributed by atoms with van der Waals surface area (Å²) in [6, 6.07) is 4.33. The highest BCUT2D eigenvalue weighted by Gasteiger charge is 2.22. The molecule has 0 aromatic heterocycles. The van der Waals surface area contributed by atoms with Gasteiger partial charge in [-0.1, -0.05) is 0 Å². The van der Waals surface area contributed by atoms with Gasteiger partial charge in [0.15, 0.2) is 0 Å². The van der Waals surface area contributed by atoms with Crippen LogP contribution in [0.1, 0.15) is 6.42 Å². The second-order valence-electron chi connectivity index (χ2n) is 3.93. The minimum atomic E-state index is 0.279. The summed E-state index contributed by atoms with van der Waals surface area (Å²) in [5.74, 6) is 0.846. The molecule has 0 bridgehead atoms. The van der Waals surface area contributed by atoms with E-state index in [1.165, 1.54) is 0 Å².